The van der Waals surface area contributed by atoms with Gasteiger partial charge in [-0.05, 0) is 32.2 Å². The van der Waals surface area contributed by atoms with Gasteiger partial charge in [0, 0.05) is 13.1 Å². The SMILES string of the molecule is CC(C)CN1CCC[C@@]12CN(C(C(N)=O)C(C)O)C2=O. The molecule has 2 saturated heterocycles. The highest BCUT2D eigenvalue weighted by atomic mass is 16.3. The molecule has 2 amide bonds. The molecule has 0 aromatic rings. The Morgan fingerprint density at radius 3 is 2.55 bits per heavy atom. The summed E-state index contributed by atoms with van der Waals surface area (Å²) in [7, 11) is 0. The molecule has 0 aromatic carbocycles. The van der Waals surface area contributed by atoms with E-state index in [-0.39, 0.29) is 5.91 Å². The Hall–Kier alpha value is -1.14. The van der Waals surface area contributed by atoms with E-state index in [4.69, 9.17) is 5.73 Å². The molecular weight excluding hydrogens is 258 g/mol. The molecule has 2 fully saturated rings. The summed E-state index contributed by atoms with van der Waals surface area (Å²) >= 11 is 0. The van der Waals surface area contributed by atoms with Crippen molar-refractivity contribution in [3.63, 3.8) is 0 Å². The van der Waals surface area contributed by atoms with Gasteiger partial charge >= 0.3 is 0 Å². The first-order valence-corrected chi connectivity index (χ1v) is 7.33. The largest absolute Gasteiger partial charge is 0.391 e. The molecule has 6 heteroatoms. The molecule has 3 N–H and O–H groups in total. The number of aliphatic hydroxyl groups is 1. The average Bonchev–Trinajstić information content (AvgIpc) is 2.72. The number of aliphatic hydroxyl groups excluding tert-OH is 1. The lowest BCUT2D eigenvalue weighted by Crippen LogP contribution is -2.76. The minimum absolute atomic E-state index is 0.0552. The van der Waals surface area contributed by atoms with Gasteiger partial charge in [-0.15, -0.1) is 0 Å². The Balaban J connectivity index is 2.12. The summed E-state index contributed by atoms with van der Waals surface area (Å²) in [6, 6.07) is -0.908. The van der Waals surface area contributed by atoms with Gasteiger partial charge in [-0.3, -0.25) is 14.5 Å². The number of hydrogen-bond acceptors (Lipinski definition) is 4. The average molecular weight is 283 g/mol. The van der Waals surface area contributed by atoms with E-state index in [0.29, 0.717) is 12.5 Å². The van der Waals surface area contributed by atoms with Crippen molar-refractivity contribution in [2.45, 2.75) is 51.3 Å². The fourth-order valence-electron chi connectivity index (χ4n) is 3.54. The maximum absolute atomic E-state index is 12.6. The van der Waals surface area contributed by atoms with Crippen molar-refractivity contribution in [3.8, 4) is 0 Å². The van der Waals surface area contributed by atoms with Crippen LogP contribution < -0.4 is 5.73 Å². The van der Waals surface area contributed by atoms with Crippen LogP contribution in [0.2, 0.25) is 0 Å². The fourth-order valence-corrected chi connectivity index (χ4v) is 3.54. The van der Waals surface area contributed by atoms with Crippen molar-refractivity contribution < 1.29 is 14.7 Å². The van der Waals surface area contributed by atoms with Crippen molar-refractivity contribution in [2.75, 3.05) is 19.6 Å². The van der Waals surface area contributed by atoms with Crippen molar-refractivity contribution >= 4 is 11.8 Å². The number of primary amides is 1. The standard InChI is InChI=1S/C14H25N3O3/c1-9(2)7-16-6-4-5-14(16)8-17(13(14)20)11(10(3)18)12(15)19/h9-11,18H,4-8H2,1-3H3,(H2,15,19)/t10?,11?,14-/m0/s1. The van der Waals surface area contributed by atoms with E-state index in [9.17, 15) is 14.7 Å². The second-order valence-electron chi connectivity index (χ2n) is 6.50. The summed E-state index contributed by atoms with van der Waals surface area (Å²) in [4.78, 5) is 27.7. The molecule has 2 aliphatic heterocycles. The molecule has 2 heterocycles. The quantitative estimate of drug-likeness (QED) is 0.669. The number of rotatable bonds is 5. The van der Waals surface area contributed by atoms with Crippen LogP contribution in [0.25, 0.3) is 0 Å². The summed E-state index contributed by atoms with van der Waals surface area (Å²) < 4.78 is 0. The van der Waals surface area contributed by atoms with Gasteiger partial charge < -0.3 is 15.7 Å². The van der Waals surface area contributed by atoms with Gasteiger partial charge in [0.2, 0.25) is 11.8 Å². The maximum Gasteiger partial charge on any atom is 0.245 e. The van der Waals surface area contributed by atoms with Crippen LogP contribution in [0.15, 0.2) is 0 Å². The molecule has 0 bridgehead atoms. The molecule has 2 aliphatic rings. The summed E-state index contributed by atoms with van der Waals surface area (Å²) in [5, 5.41) is 9.67. The third-order valence-corrected chi connectivity index (χ3v) is 4.38. The van der Waals surface area contributed by atoms with Crippen LogP contribution in [0.5, 0.6) is 0 Å². The number of likely N-dealkylation sites (tertiary alicyclic amines) is 2. The van der Waals surface area contributed by atoms with E-state index in [1.54, 1.807) is 0 Å². The number of β-lactam (4-membered cyclic amide) rings is 1. The number of nitrogens with zero attached hydrogens (tertiary/aromatic N) is 2. The minimum Gasteiger partial charge on any atom is -0.391 e. The van der Waals surface area contributed by atoms with E-state index in [1.165, 1.54) is 11.8 Å². The van der Waals surface area contributed by atoms with Crippen LogP contribution in [0, 0.1) is 5.92 Å². The molecule has 0 aromatic heterocycles. The maximum atomic E-state index is 12.6. The Bertz CT molecular complexity index is 410. The molecule has 6 nitrogen and oxygen atoms in total. The van der Waals surface area contributed by atoms with E-state index >= 15 is 0 Å². The van der Waals surface area contributed by atoms with Gasteiger partial charge in [-0.2, -0.15) is 0 Å². The van der Waals surface area contributed by atoms with Crippen LogP contribution in [-0.2, 0) is 9.59 Å². The Labute approximate surface area is 119 Å². The number of hydrogen-bond donors (Lipinski definition) is 2. The van der Waals surface area contributed by atoms with E-state index in [1.807, 2.05) is 0 Å². The van der Waals surface area contributed by atoms with Crippen LogP contribution >= 0.6 is 0 Å². The molecule has 2 unspecified atom stereocenters. The lowest BCUT2D eigenvalue weighted by molar-refractivity contribution is -0.172. The zero-order chi connectivity index (χ0) is 15.1. The lowest BCUT2D eigenvalue weighted by atomic mass is 9.83. The van der Waals surface area contributed by atoms with Crippen LogP contribution in [0.4, 0.5) is 0 Å². The molecular formula is C14H25N3O3. The Kier molecular flexibility index (Phi) is 4.07. The third-order valence-electron chi connectivity index (χ3n) is 4.38. The first kappa shape index (κ1) is 15.3. The predicted molar refractivity (Wildman–Crippen MR) is 74.8 cm³/mol. The van der Waals surface area contributed by atoms with Crippen molar-refractivity contribution in [1.29, 1.82) is 0 Å². The molecule has 1 spiro atoms. The highest BCUT2D eigenvalue weighted by molar-refractivity contribution is 5.97. The van der Waals surface area contributed by atoms with Crippen LogP contribution in [0.3, 0.4) is 0 Å². The highest BCUT2D eigenvalue weighted by Crippen LogP contribution is 2.40. The number of nitrogens with two attached hydrogens (primary N) is 1. The lowest BCUT2D eigenvalue weighted by Gasteiger charge is -2.54. The normalized spacial score (nSPS) is 29.9. The zero-order valence-corrected chi connectivity index (χ0v) is 12.5. The van der Waals surface area contributed by atoms with Crippen molar-refractivity contribution in [2.24, 2.45) is 11.7 Å². The van der Waals surface area contributed by atoms with Gasteiger partial charge in [-0.25, -0.2) is 0 Å². The molecule has 3 atom stereocenters. The van der Waals surface area contributed by atoms with Crippen molar-refractivity contribution in [1.82, 2.24) is 9.80 Å². The number of carbonyl (C=O) groups is 2. The van der Waals surface area contributed by atoms with Crippen LogP contribution in [0.1, 0.15) is 33.6 Å². The topological polar surface area (TPSA) is 86.9 Å². The smallest absolute Gasteiger partial charge is 0.245 e. The summed E-state index contributed by atoms with van der Waals surface area (Å²) in [6.07, 6.45) is 0.900. The molecule has 2 rings (SSSR count). The summed E-state index contributed by atoms with van der Waals surface area (Å²) in [6.45, 7) is 8.07. The van der Waals surface area contributed by atoms with Crippen molar-refractivity contribution in [3.05, 3.63) is 0 Å². The van der Waals surface area contributed by atoms with E-state index < -0.39 is 23.6 Å². The van der Waals surface area contributed by atoms with Gasteiger partial charge in [0.05, 0.1) is 6.10 Å². The molecule has 114 valence electrons. The molecule has 0 aliphatic carbocycles. The van der Waals surface area contributed by atoms with Crippen LogP contribution in [-0.4, -0.2) is 64.0 Å². The minimum atomic E-state index is -0.936. The van der Waals surface area contributed by atoms with Gasteiger partial charge in [0.25, 0.3) is 0 Å². The summed E-state index contributed by atoms with van der Waals surface area (Å²) in [5.74, 6) is -0.201. The molecule has 20 heavy (non-hydrogen) atoms. The second-order valence-corrected chi connectivity index (χ2v) is 6.50. The van der Waals surface area contributed by atoms with E-state index in [2.05, 4.69) is 18.7 Å². The fraction of sp³-hybridized carbons (Fsp3) is 0.857. The second kappa shape index (κ2) is 5.33. The number of carbonyl (C=O) groups excluding carboxylic acids is 2. The highest BCUT2D eigenvalue weighted by Gasteiger charge is 2.60. The monoisotopic (exact) mass is 283 g/mol. The zero-order valence-electron chi connectivity index (χ0n) is 12.5. The number of amides is 2. The first-order chi connectivity index (χ1) is 9.29. The third kappa shape index (κ3) is 2.31. The van der Waals surface area contributed by atoms with Gasteiger partial charge in [0.15, 0.2) is 0 Å². The van der Waals surface area contributed by atoms with Gasteiger partial charge in [0.1, 0.15) is 11.6 Å². The Morgan fingerprint density at radius 2 is 2.10 bits per heavy atom. The molecule has 0 radical (unpaired) electrons. The van der Waals surface area contributed by atoms with Gasteiger partial charge in [-0.1, -0.05) is 13.8 Å². The Morgan fingerprint density at radius 1 is 1.45 bits per heavy atom. The summed E-state index contributed by atoms with van der Waals surface area (Å²) in [5.41, 5.74) is 4.85. The first-order valence-electron chi connectivity index (χ1n) is 7.33. The predicted octanol–water partition coefficient (Wildman–Crippen LogP) is -0.446. The van der Waals surface area contributed by atoms with E-state index in [0.717, 1.165) is 25.9 Å². The molecule has 0 saturated carbocycles.